The summed E-state index contributed by atoms with van der Waals surface area (Å²) < 4.78 is 0. The summed E-state index contributed by atoms with van der Waals surface area (Å²) in [5, 5.41) is 11.7. The summed E-state index contributed by atoms with van der Waals surface area (Å²) in [6.07, 6.45) is 6.18. The van der Waals surface area contributed by atoms with E-state index in [0.29, 0.717) is 6.54 Å². The molecule has 1 aliphatic carbocycles. The molecule has 5 heteroatoms. The van der Waals surface area contributed by atoms with Gasteiger partial charge >= 0.3 is 12.0 Å². The Labute approximate surface area is 121 Å². The number of hydrogen-bond acceptors (Lipinski definition) is 2. The van der Waals surface area contributed by atoms with E-state index in [1.165, 1.54) is 25.7 Å². The first kappa shape index (κ1) is 16.8. The first-order valence-electron chi connectivity index (χ1n) is 7.58. The Balaban J connectivity index is 2.39. The highest BCUT2D eigenvalue weighted by Crippen LogP contribution is 2.27. The third kappa shape index (κ3) is 5.80. The smallest absolute Gasteiger partial charge is 0.317 e. The molecule has 2 amide bonds. The normalized spacial score (nSPS) is 16.1. The number of hydrogen-bond donors (Lipinski definition) is 2. The molecule has 0 aromatic heterocycles. The molecule has 1 rings (SSSR count). The van der Waals surface area contributed by atoms with E-state index < -0.39 is 5.97 Å². The molecule has 0 radical (unpaired) electrons. The van der Waals surface area contributed by atoms with Gasteiger partial charge in [-0.05, 0) is 33.1 Å². The second-order valence-electron chi connectivity index (χ2n) is 6.64. The van der Waals surface area contributed by atoms with Crippen molar-refractivity contribution in [2.45, 2.75) is 64.8 Å². The van der Waals surface area contributed by atoms with E-state index in [4.69, 9.17) is 5.11 Å². The minimum absolute atomic E-state index is 0.0205. The fourth-order valence-electron chi connectivity index (χ4n) is 2.73. The zero-order valence-corrected chi connectivity index (χ0v) is 12.9. The monoisotopic (exact) mass is 284 g/mol. The van der Waals surface area contributed by atoms with E-state index in [1.807, 2.05) is 20.8 Å². The molecule has 116 valence electrons. The summed E-state index contributed by atoms with van der Waals surface area (Å²) in [5.41, 5.74) is -0.368. The van der Waals surface area contributed by atoms with Gasteiger partial charge in [-0.3, -0.25) is 4.79 Å². The third-order valence-corrected chi connectivity index (χ3v) is 3.91. The molecule has 0 saturated heterocycles. The zero-order chi connectivity index (χ0) is 15.2. The van der Waals surface area contributed by atoms with Crippen LogP contribution in [0.3, 0.4) is 0 Å². The van der Waals surface area contributed by atoms with Crippen LogP contribution in [0.15, 0.2) is 0 Å². The highest BCUT2D eigenvalue weighted by Gasteiger charge is 2.26. The topological polar surface area (TPSA) is 69.6 Å². The molecule has 20 heavy (non-hydrogen) atoms. The van der Waals surface area contributed by atoms with Crippen LogP contribution in [-0.4, -0.2) is 40.6 Å². The Morgan fingerprint density at radius 1 is 1.25 bits per heavy atom. The maximum Gasteiger partial charge on any atom is 0.317 e. The van der Waals surface area contributed by atoms with Gasteiger partial charge in [0.15, 0.2) is 0 Å². The summed E-state index contributed by atoms with van der Waals surface area (Å²) in [6.45, 7) is 6.69. The average molecular weight is 284 g/mol. The minimum atomic E-state index is -0.877. The van der Waals surface area contributed by atoms with Crippen molar-refractivity contribution in [3.8, 4) is 0 Å². The molecule has 0 heterocycles. The molecule has 0 bridgehead atoms. The first-order chi connectivity index (χ1) is 9.30. The number of carbonyl (C=O) groups excluding carboxylic acids is 1. The quantitative estimate of drug-likeness (QED) is 0.788. The van der Waals surface area contributed by atoms with Crippen LogP contribution in [0.1, 0.15) is 59.3 Å². The summed E-state index contributed by atoms with van der Waals surface area (Å²) in [4.78, 5) is 24.5. The van der Waals surface area contributed by atoms with E-state index in [9.17, 15) is 9.59 Å². The molecule has 0 unspecified atom stereocenters. The van der Waals surface area contributed by atoms with E-state index >= 15 is 0 Å². The van der Waals surface area contributed by atoms with Crippen molar-refractivity contribution < 1.29 is 14.7 Å². The Morgan fingerprint density at radius 3 is 2.35 bits per heavy atom. The second-order valence-corrected chi connectivity index (χ2v) is 6.64. The highest BCUT2D eigenvalue weighted by atomic mass is 16.4. The second kappa shape index (κ2) is 7.50. The Hall–Kier alpha value is -1.26. The van der Waals surface area contributed by atoms with E-state index in [-0.39, 0.29) is 24.5 Å². The summed E-state index contributed by atoms with van der Waals surface area (Å²) in [5.74, 6) is -0.129. The maximum atomic E-state index is 12.2. The Kier molecular flexibility index (Phi) is 6.30. The molecule has 0 aliphatic heterocycles. The molecule has 0 aromatic rings. The predicted octanol–water partition coefficient (Wildman–Crippen LogP) is 2.85. The number of urea groups is 1. The number of carbonyl (C=O) groups is 2. The van der Waals surface area contributed by atoms with Crippen LogP contribution < -0.4 is 5.32 Å². The molecule has 0 spiro atoms. The highest BCUT2D eigenvalue weighted by molar-refractivity contribution is 5.76. The lowest BCUT2D eigenvalue weighted by Gasteiger charge is -2.35. The van der Waals surface area contributed by atoms with Crippen molar-refractivity contribution in [3.63, 3.8) is 0 Å². The Morgan fingerprint density at radius 2 is 1.85 bits per heavy atom. The number of carboxylic acids is 1. The number of nitrogens with one attached hydrogen (secondary N) is 1. The number of rotatable bonds is 6. The van der Waals surface area contributed by atoms with Crippen LogP contribution in [-0.2, 0) is 4.79 Å². The van der Waals surface area contributed by atoms with Crippen molar-refractivity contribution in [2.75, 3.05) is 13.1 Å². The van der Waals surface area contributed by atoms with Crippen molar-refractivity contribution in [1.82, 2.24) is 10.2 Å². The standard InChI is InChI=1S/C15H28N2O3/c1-15(2,3)17(11-9-13(18)19)14(20)16-10-8-12-6-4-5-7-12/h12H,4-11H2,1-3H3,(H,16,20)(H,18,19). The lowest BCUT2D eigenvalue weighted by Crippen LogP contribution is -2.51. The first-order valence-corrected chi connectivity index (χ1v) is 7.58. The molecule has 1 fully saturated rings. The Bertz CT molecular complexity index is 331. The SMILES string of the molecule is CC(C)(C)N(CCC(=O)O)C(=O)NCCC1CCCC1. The minimum Gasteiger partial charge on any atom is -0.481 e. The summed E-state index contributed by atoms with van der Waals surface area (Å²) >= 11 is 0. The van der Waals surface area contributed by atoms with Crippen LogP contribution >= 0.6 is 0 Å². The van der Waals surface area contributed by atoms with Crippen molar-refractivity contribution in [2.24, 2.45) is 5.92 Å². The van der Waals surface area contributed by atoms with Gasteiger partial charge in [-0.1, -0.05) is 25.7 Å². The molecular weight excluding hydrogens is 256 g/mol. The van der Waals surface area contributed by atoms with Gasteiger partial charge in [-0.2, -0.15) is 0 Å². The number of nitrogens with zero attached hydrogens (tertiary/aromatic N) is 1. The lowest BCUT2D eigenvalue weighted by molar-refractivity contribution is -0.137. The molecule has 0 atom stereocenters. The molecule has 1 saturated carbocycles. The van der Waals surface area contributed by atoms with Gasteiger partial charge < -0.3 is 15.3 Å². The van der Waals surface area contributed by atoms with Crippen LogP contribution in [0.4, 0.5) is 4.79 Å². The molecule has 0 aromatic carbocycles. The van der Waals surface area contributed by atoms with E-state index in [0.717, 1.165) is 12.3 Å². The summed E-state index contributed by atoms with van der Waals surface area (Å²) in [6, 6.07) is -0.156. The van der Waals surface area contributed by atoms with Crippen LogP contribution in [0.2, 0.25) is 0 Å². The molecule has 2 N–H and O–H groups in total. The van der Waals surface area contributed by atoms with Crippen molar-refractivity contribution in [3.05, 3.63) is 0 Å². The van der Waals surface area contributed by atoms with Gasteiger partial charge in [0.25, 0.3) is 0 Å². The number of aliphatic carboxylic acids is 1. The zero-order valence-electron chi connectivity index (χ0n) is 12.9. The largest absolute Gasteiger partial charge is 0.481 e. The van der Waals surface area contributed by atoms with Gasteiger partial charge in [0, 0.05) is 18.6 Å². The molecule has 5 nitrogen and oxygen atoms in total. The van der Waals surface area contributed by atoms with E-state index in [1.54, 1.807) is 4.90 Å². The average Bonchev–Trinajstić information content (AvgIpc) is 2.79. The van der Waals surface area contributed by atoms with Crippen LogP contribution in [0, 0.1) is 5.92 Å². The number of carboxylic acid groups (broad SMARTS) is 1. The van der Waals surface area contributed by atoms with Gasteiger partial charge in [0.05, 0.1) is 6.42 Å². The number of amides is 2. The van der Waals surface area contributed by atoms with Crippen LogP contribution in [0.5, 0.6) is 0 Å². The maximum absolute atomic E-state index is 12.2. The fourth-order valence-corrected chi connectivity index (χ4v) is 2.73. The van der Waals surface area contributed by atoms with Crippen molar-refractivity contribution in [1.29, 1.82) is 0 Å². The van der Waals surface area contributed by atoms with Crippen molar-refractivity contribution >= 4 is 12.0 Å². The lowest BCUT2D eigenvalue weighted by atomic mass is 10.0. The fraction of sp³-hybridized carbons (Fsp3) is 0.867. The summed E-state index contributed by atoms with van der Waals surface area (Å²) in [7, 11) is 0. The van der Waals surface area contributed by atoms with Crippen LogP contribution in [0.25, 0.3) is 0 Å². The third-order valence-electron chi connectivity index (χ3n) is 3.91. The molecular formula is C15H28N2O3. The molecule has 1 aliphatic rings. The van der Waals surface area contributed by atoms with Gasteiger partial charge in [-0.25, -0.2) is 4.79 Å². The predicted molar refractivity (Wildman–Crippen MR) is 78.7 cm³/mol. The van der Waals surface area contributed by atoms with E-state index in [2.05, 4.69) is 5.32 Å². The van der Waals surface area contributed by atoms with Gasteiger partial charge in [0.2, 0.25) is 0 Å². The van der Waals surface area contributed by atoms with Gasteiger partial charge in [-0.15, -0.1) is 0 Å². The van der Waals surface area contributed by atoms with Gasteiger partial charge in [0.1, 0.15) is 0 Å².